The van der Waals surface area contributed by atoms with Crippen LogP contribution in [0.3, 0.4) is 0 Å². The van der Waals surface area contributed by atoms with Crippen LogP contribution in [0.1, 0.15) is 265 Å². The van der Waals surface area contributed by atoms with Gasteiger partial charge in [0.15, 0.2) is 0 Å². The van der Waals surface area contributed by atoms with Crippen molar-refractivity contribution in [2.75, 3.05) is 0 Å². The van der Waals surface area contributed by atoms with E-state index in [0.29, 0.717) is 24.7 Å². The van der Waals surface area contributed by atoms with Crippen molar-refractivity contribution < 1.29 is 29.7 Å². The number of unbranched alkanes of at least 4 members (excludes halogenated alkanes) is 23. The Hall–Kier alpha value is -1.85. The Morgan fingerprint density at radius 1 is 0.317 bits per heavy atom. The fourth-order valence-electron chi connectivity index (χ4n) is 12.1. The van der Waals surface area contributed by atoms with Gasteiger partial charge in [0.2, 0.25) is 0 Å². The Labute approximate surface area is 370 Å². The molecule has 1 fully saturated rings. The van der Waals surface area contributed by atoms with E-state index in [-0.39, 0.29) is 6.42 Å². The molecule has 0 aliphatic heterocycles. The molecular weight excluding hydrogens is 745 g/mol. The molecule has 2 aliphatic rings. The number of allylic oxidation sites excluding steroid dienone is 2. The van der Waals surface area contributed by atoms with Crippen LogP contribution in [0.2, 0.25) is 0 Å². The van der Waals surface area contributed by atoms with Crippen LogP contribution in [0, 0.1) is 47.3 Å². The maximum atomic E-state index is 11.2. The van der Waals surface area contributed by atoms with Gasteiger partial charge in [0.25, 0.3) is 0 Å². The molecule has 2 aliphatic carbocycles. The minimum atomic E-state index is -0.673. The normalized spacial score (nSPS) is 23.8. The molecule has 6 heteroatoms. The van der Waals surface area contributed by atoms with Crippen molar-refractivity contribution in [2.45, 2.75) is 265 Å². The highest BCUT2D eigenvalue weighted by atomic mass is 16.4. The Morgan fingerprint density at radius 3 is 0.850 bits per heavy atom. The minimum Gasteiger partial charge on any atom is -0.481 e. The first-order valence-electron chi connectivity index (χ1n) is 26.6. The summed E-state index contributed by atoms with van der Waals surface area (Å²) >= 11 is 0. The lowest BCUT2D eigenvalue weighted by atomic mass is 9.46. The Kier molecular flexibility index (Phi) is 32.2. The number of carboxylic acids is 3. The van der Waals surface area contributed by atoms with E-state index in [1.807, 2.05) is 0 Å². The topological polar surface area (TPSA) is 112 Å². The minimum absolute atomic E-state index is 0.289. The molecule has 350 valence electrons. The fraction of sp³-hybridized carbons (Fsp3) is 0.907. The van der Waals surface area contributed by atoms with Gasteiger partial charge >= 0.3 is 17.9 Å². The third-order valence-corrected chi connectivity index (χ3v) is 15.1. The molecule has 8 atom stereocenters. The van der Waals surface area contributed by atoms with Crippen molar-refractivity contribution in [3.63, 3.8) is 0 Å². The predicted molar refractivity (Wildman–Crippen MR) is 252 cm³/mol. The van der Waals surface area contributed by atoms with Crippen molar-refractivity contribution in [3.05, 3.63) is 12.2 Å². The average molecular weight is 843 g/mol. The summed E-state index contributed by atoms with van der Waals surface area (Å²) in [7, 11) is 0. The molecule has 0 saturated heterocycles. The summed E-state index contributed by atoms with van der Waals surface area (Å²) in [5, 5.41) is 27.6. The second-order valence-electron chi connectivity index (χ2n) is 19.9. The number of aliphatic carboxylic acids is 3. The zero-order chi connectivity index (χ0) is 43.6. The third-order valence-electron chi connectivity index (χ3n) is 15.1. The lowest BCUT2D eigenvalue weighted by Crippen LogP contribution is -2.52. The summed E-state index contributed by atoms with van der Waals surface area (Å²) in [6.45, 7) is 7.00. The lowest BCUT2D eigenvalue weighted by Gasteiger charge is -2.58. The van der Waals surface area contributed by atoms with Gasteiger partial charge in [0.1, 0.15) is 0 Å². The summed E-state index contributed by atoms with van der Waals surface area (Å²) in [5.41, 5.74) is 0. The maximum absolute atomic E-state index is 11.2. The quantitative estimate of drug-likeness (QED) is 0.0417. The van der Waals surface area contributed by atoms with E-state index >= 15 is 0 Å². The van der Waals surface area contributed by atoms with Crippen LogP contribution in [0.15, 0.2) is 12.2 Å². The zero-order valence-electron chi connectivity index (χ0n) is 39.7. The van der Waals surface area contributed by atoms with Crippen LogP contribution in [0.25, 0.3) is 0 Å². The van der Waals surface area contributed by atoms with E-state index in [4.69, 9.17) is 5.11 Å². The van der Waals surface area contributed by atoms with Gasteiger partial charge in [-0.05, 0) is 105 Å². The Morgan fingerprint density at radius 2 is 0.550 bits per heavy atom. The second kappa shape index (κ2) is 35.6. The van der Waals surface area contributed by atoms with Gasteiger partial charge in [0, 0.05) is 19.3 Å². The highest BCUT2D eigenvalue weighted by Crippen LogP contribution is 2.60. The van der Waals surface area contributed by atoms with E-state index in [1.165, 1.54) is 167 Å². The van der Waals surface area contributed by atoms with Gasteiger partial charge in [0.05, 0.1) is 0 Å². The SMILES string of the molecule is CCCCCCCCC1C(CCCCCCCC(=O)O)C(CCCCCCCC(=O)O)C2C(CCCCCCCC(=O)O)C=CC(CCCCCC)C2C1CCCCCC. The number of carbonyl (C=O) groups is 3. The summed E-state index contributed by atoms with van der Waals surface area (Å²) in [5.74, 6) is 3.92. The summed E-state index contributed by atoms with van der Waals surface area (Å²) < 4.78 is 0. The summed E-state index contributed by atoms with van der Waals surface area (Å²) in [6, 6.07) is 0. The van der Waals surface area contributed by atoms with Crippen molar-refractivity contribution in [1.29, 1.82) is 0 Å². The van der Waals surface area contributed by atoms with Gasteiger partial charge in [-0.3, -0.25) is 14.4 Å². The van der Waals surface area contributed by atoms with Gasteiger partial charge in [-0.25, -0.2) is 0 Å². The molecule has 6 nitrogen and oxygen atoms in total. The van der Waals surface area contributed by atoms with E-state index in [9.17, 15) is 24.6 Å². The summed E-state index contributed by atoms with van der Waals surface area (Å²) in [4.78, 5) is 33.6. The van der Waals surface area contributed by atoms with E-state index in [1.54, 1.807) is 0 Å². The molecule has 3 N–H and O–H groups in total. The van der Waals surface area contributed by atoms with E-state index < -0.39 is 17.9 Å². The molecule has 0 heterocycles. The molecule has 1 saturated carbocycles. The Balaban J connectivity index is 2.52. The van der Waals surface area contributed by atoms with Crippen LogP contribution in [0.5, 0.6) is 0 Å². The number of carboxylic acid groups (broad SMARTS) is 3. The first-order valence-corrected chi connectivity index (χ1v) is 26.6. The molecule has 0 aromatic rings. The molecular formula is C54H98O6. The molecule has 2 rings (SSSR count). The van der Waals surface area contributed by atoms with Crippen molar-refractivity contribution >= 4 is 17.9 Å². The highest BCUT2D eigenvalue weighted by molar-refractivity contribution is 5.67. The Bertz CT molecular complexity index is 1100. The molecule has 8 unspecified atom stereocenters. The van der Waals surface area contributed by atoms with Crippen LogP contribution >= 0.6 is 0 Å². The fourth-order valence-corrected chi connectivity index (χ4v) is 12.1. The average Bonchev–Trinajstić information content (AvgIpc) is 3.22. The van der Waals surface area contributed by atoms with Crippen molar-refractivity contribution in [3.8, 4) is 0 Å². The number of hydrogen-bond acceptors (Lipinski definition) is 3. The molecule has 0 spiro atoms. The monoisotopic (exact) mass is 843 g/mol. The molecule has 0 amide bonds. The van der Waals surface area contributed by atoms with Crippen LogP contribution in [-0.4, -0.2) is 33.2 Å². The summed E-state index contributed by atoms with van der Waals surface area (Å²) in [6.07, 6.45) is 49.6. The second-order valence-corrected chi connectivity index (χ2v) is 19.9. The predicted octanol–water partition coefficient (Wildman–Crippen LogP) is 16.6. The molecule has 0 aromatic heterocycles. The van der Waals surface area contributed by atoms with Gasteiger partial charge in [-0.2, -0.15) is 0 Å². The first kappa shape index (κ1) is 54.3. The first-order chi connectivity index (χ1) is 29.2. The van der Waals surface area contributed by atoms with Crippen LogP contribution in [-0.2, 0) is 14.4 Å². The third kappa shape index (κ3) is 23.6. The van der Waals surface area contributed by atoms with Crippen LogP contribution in [0.4, 0.5) is 0 Å². The van der Waals surface area contributed by atoms with Gasteiger partial charge in [-0.15, -0.1) is 0 Å². The van der Waals surface area contributed by atoms with Crippen molar-refractivity contribution in [2.24, 2.45) is 47.3 Å². The highest BCUT2D eigenvalue weighted by Gasteiger charge is 2.53. The number of rotatable bonds is 41. The number of fused-ring (bicyclic) bond motifs is 1. The smallest absolute Gasteiger partial charge is 0.303 e. The molecule has 0 aromatic carbocycles. The molecule has 0 bridgehead atoms. The molecule has 60 heavy (non-hydrogen) atoms. The zero-order valence-corrected chi connectivity index (χ0v) is 39.7. The molecule has 0 radical (unpaired) electrons. The standard InChI is InChI=1S/C54H98O6/c1-4-7-10-13-18-27-35-46-47(36-28-19-15-22-31-40-51(57)58)49(38-29-20-16-23-32-41-52(59)60)54-45(34-25-17-14-21-30-39-50(55)56)43-42-44(33-24-11-8-5-2)53(54)48(46)37-26-12-9-6-3/h42-49,53-54H,4-41H2,1-3H3,(H,55,56)(H,57,58)(H,59,60). The largest absolute Gasteiger partial charge is 0.481 e. The van der Waals surface area contributed by atoms with Gasteiger partial charge in [-0.1, -0.05) is 200 Å². The van der Waals surface area contributed by atoms with Crippen LogP contribution < -0.4 is 0 Å². The maximum Gasteiger partial charge on any atom is 0.303 e. The number of hydrogen-bond donors (Lipinski definition) is 3. The van der Waals surface area contributed by atoms with E-state index in [0.717, 1.165) is 93.3 Å². The van der Waals surface area contributed by atoms with E-state index in [2.05, 4.69) is 32.9 Å². The van der Waals surface area contributed by atoms with Gasteiger partial charge < -0.3 is 15.3 Å². The lowest BCUT2D eigenvalue weighted by molar-refractivity contribution is -0.138. The van der Waals surface area contributed by atoms with Crippen molar-refractivity contribution in [1.82, 2.24) is 0 Å².